The molecule has 0 aliphatic heterocycles. The van der Waals surface area contributed by atoms with Gasteiger partial charge in [-0.3, -0.25) is 0 Å². The number of hydrogen-bond donors (Lipinski definition) is 0. The highest BCUT2D eigenvalue weighted by Gasteiger charge is 2.26. The topological polar surface area (TPSA) is 9.23 Å². The Hall–Kier alpha value is -0.0400. The van der Waals surface area contributed by atoms with Gasteiger partial charge in [-0.05, 0) is 31.1 Å². The minimum atomic E-state index is 0.540. The SMILES string of the molecule is CCCC1CCC(OC)C(C)C1. The van der Waals surface area contributed by atoms with Gasteiger partial charge in [-0.25, -0.2) is 0 Å². The first-order valence-corrected chi connectivity index (χ1v) is 5.30. The lowest BCUT2D eigenvalue weighted by Crippen LogP contribution is -2.28. The maximum absolute atomic E-state index is 5.43. The van der Waals surface area contributed by atoms with Crippen LogP contribution in [0.3, 0.4) is 0 Å². The summed E-state index contributed by atoms with van der Waals surface area (Å²) in [6, 6.07) is 0. The molecule has 0 bridgehead atoms. The fraction of sp³-hybridized carbons (Fsp3) is 1.00. The van der Waals surface area contributed by atoms with Crippen LogP contribution in [-0.2, 0) is 4.74 Å². The third-order valence-electron chi connectivity index (χ3n) is 3.20. The van der Waals surface area contributed by atoms with Crippen LogP contribution in [0.4, 0.5) is 0 Å². The fourth-order valence-corrected chi connectivity index (χ4v) is 2.50. The highest BCUT2D eigenvalue weighted by molar-refractivity contribution is 4.77. The van der Waals surface area contributed by atoms with Crippen molar-refractivity contribution in [2.45, 2.75) is 52.1 Å². The lowest BCUT2D eigenvalue weighted by atomic mass is 9.78. The summed E-state index contributed by atoms with van der Waals surface area (Å²) in [5.41, 5.74) is 0. The van der Waals surface area contributed by atoms with Crippen LogP contribution in [0.1, 0.15) is 46.0 Å². The van der Waals surface area contributed by atoms with Crippen molar-refractivity contribution in [1.82, 2.24) is 0 Å². The molecule has 0 aromatic carbocycles. The molecule has 0 amide bonds. The average molecular weight is 170 g/mol. The smallest absolute Gasteiger partial charge is 0.0597 e. The summed E-state index contributed by atoms with van der Waals surface area (Å²) in [5, 5.41) is 0. The van der Waals surface area contributed by atoms with E-state index in [0.717, 1.165) is 11.8 Å². The zero-order valence-corrected chi connectivity index (χ0v) is 8.68. The van der Waals surface area contributed by atoms with Crippen LogP contribution >= 0.6 is 0 Å². The molecule has 3 unspecified atom stereocenters. The van der Waals surface area contributed by atoms with E-state index >= 15 is 0 Å². The molecule has 0 aromatic rings. The van der Waals surface area contributed by atoms with Gasteiger partial charge < -0.3 is 4.74 Å². The van der Waals surface area contributed by atoms with E-state index in [2.05, 4.69) is 13.8 Å². The molecule has 0 aromatic heterocycles. The monoisotopic (exact) mass is 170 g/mol. The Labute approximate surface area is 76.5 Å². The molecule has 0 radical (unpaired) electrons. The van der Waals surface area contributed by atoms with Crippen LogP contribution in [0.2, 0.25) is 0 Å². The minimum absolute atomic E-state index is 0.540. The predicted octanol–water partition coefficient (Wildman–Crippen LogP) is 3.24. The van der Waals surface area contributed by atoms with Gasteiger partial charge in [-0.1, -0.05) is 26.7 Å². The maximum Gasteiger partial charge on any atom is 0.0597 e. The Balaban J connectivity index is 2.30. The summed E-state index contributed by atoms with van der Waals surface area (Å²) >= 11 is 0. The van der Waals surface area contributed by atoms with Gasteiger partial charge in [0.2, 0.25) is 0 Å². The third-order valence-corrected chi connectivity index (χ3v) is 3.20. The van der Waals surface area contributed by atoms with E-state index in [4.69, 9.17) is 4.74 Å². The number of rotatable bonds is 3. The Bertz CT molecular complexity index is 122. The Morgan fingerprint density at radius 3 is 2.58 bits per heavy atom. The van der Waals surface area contributed by atoms with Gasteiger partial charge >= 0.3 is 0 Å². The van der Waals surface area contributed by atoms with Crippen molar-refractivity contribution in [1.29, 1.82) is 0 Å². The molecular formula is C11H22O. The molecule has 1 fully saturated rings. The summed E-state index contributed by atoms with van der Waals surface area (Å²) in [6.45, 7) is 4.61. The summed E-state index contributed by atoms with van der Waals surface area (Å²) in [7, 11) is 1.85. The van der Waals surface area contributed by atoms with E-state index < -0.39 is 0 Å². The van der Waals surface area contributed by atoms with Crippen LogP contribution in [-0.4, -0.2) is 13.2 Å². The average Bonchev–Trinajstić information content (AvgIpc) is 2.05. The van der Waals surface area contributed by atoms with Gasteiger partial charge in [0, 0.05) is 7.11 Å². The van der Waals surface area contributed by atoms with Crippen molar-refractivity contribution < 1.29 is 4.74 Å². The van der Waals surface area contributed by atoms with Crippen LogP contribution in [0.15, 0.2) is 0 Å². The standard InChI is InChI=1S/C11H22O/c1-4-5-10-6-7-11(12-3)9(2)8-10/h9-11H,4-8H2,1-3H3. The first-order chi connectivity index (χ1) is 5.77. The molecule has 1 rings (SSSR count). The van der Waals surface area contributed by atoms with Gasteiger partial charge in [-0.15, -0.1) is 0 Å². The zero-order chi connectivity index (χ0) is 8.97. The molecule has 0 spiro atoms. The first-order valence-electron chi connectivity index (χ1n) is 5.30. The van der Waals surface area contributed by atoms with Gasteiger partial charge in [0.15, 0.2) is 0 Å². The molecule has 1 aliphatic rings. The van der Waals surface area contributed by atoms with Crippen molar-refractivity contribution in [2.75, 3.05) is 7.11 Å². The van der Waals surface area contributed by atoms with Crippen molar-refractivity contribution in [3.05, 3.63) is 0 Å². The van der Waals surface area contributed by atoms with Crippen molar-refractivity contribution in [2.24, 2.45) is 11.8 Å². The van der Waals surface area contributed by atoms with E-state index in [-0.39, 0.29) is 0 Å². The van der Waals surface area contributed by atoms with Gasteiger partial charge in [0.25, 0.3) is 0 Å². The molecule has 72 valence electrons. The third kappa shape index (κ3) is 2.48. The molecule has 0 N–H and O–H groups in total. The summed E-state index contributed by atoms with van der Waals surface area (Å²) in [4.78, 5) is 0. The maximum atomic E-state index is 5.43. The predicted molar refractivity (Wildman–Crippen MR) is 52.2 cm³/mol. The van der Waals surface area contributed by atoms with E-state index in [1.54, 1.807) is 0 Å². The highest BCUT2D eigenvalue weighted by atomic mass is 16.5. The molecule has 1 heteroatoms. The summed E-state index contributed by atoms with van der Waals surface area (Å²) in [5.74, 6) is 1.76. The minimum Gasteiger partial charge on any atom is -0.381 e. The largest absolute Gasteiger partial charge is 0.381 e. The zero-order valence-electron chi connectivity index (χ0n) is 8.68. The van der Waals surface area contributed by atoms with E-state index in [1.165, 1.54) is 32.1 Å². The van der Waals surface area contributed by atoms with Crippen molar-refractivity contribution in [3.8, 4) is 0 Å². The van der Waals surface area contributed by atoms with E-state index in [9.17, 15) is 0 Å². The van der Waals surface area contributed by atoms with Crippen LogP contribution in [0, 0.1) is 11.8 Å². The normalized spacial score (nSPS) is 36.8. The molecule has 0 saturated heterocycles. The van der Waals surface area contributed by atoms with Crippen LogP contribution in [0.5, 0.6) is 0 Å². The second kappa shape index (κ2) is 4.86. The molecule has 0 heterocycles. The van der Waals surface area contributed by atoms with E-state index in [1.807, 2.05) is 7.11 Å². The second-order valence-electron chi connectivity index (χ2n) is 4.22. The Morgan fingerprint density at radius 1 is 1.33 bits per heavy atom. The van der Waals surface area contributed by atoms with Crippen LogP contribution < -0.4 is 0 Å². The highest BCUT2D eigenvalue weighted by Crippen LogP contribution is 2.32. The molecule has 1 nitrogen and oxygen atoms in total. The van der Waals surface area contributed by atoms with Crippen molar-refractivity contribution in [3.63, 3.8) is 0 Å². The lowest BCUT2D eigenvalue weighted by Gasteiger charge is -2.33. The Kier molecular flexibility index (Phi) is 4.07. The summed E-state index contributed by atoms with van der Waals surface area (Å²) in [6.07, 6.45) is 7.35. The number of ether oxygens (including phenoxy) is 1. The van der Waals surface area contributed by atoms with Crippen LogP contribution in [0.25, 0.3) is 0 Å². The van der Waals surface area contributed by atoms with Gasteiger partial charge in [0.05, 0.1) is 6.10 Å². The summed E-state index contributed by atoms with van der Waals surface area (Å²) < 4.78 is 5.43. The lowest BCUT2D eigenvalue weighted by molar-refractivity contribution is 0.0140. The number of methoxy groups -OCH3 is 1. The Morgan fingerprint density at radius 2 is 2.08 bits per heavy atom. The van der Waals surface area contributed by atoms with Gasteiger partial charge in [0.1, 0.15) is 0 Å². The quantitative estimate of drug-likeness (QED) is 0.632. The molecule has 3 atom stereocenters. The molecule has 1 saturated carbocycles. The van der Waals surface area contributed by atoms with Crippen molar-refractivity contribution >= 4 is 0 Å². The molecular weight excluding hydrogens is 148 g/mol. The van der Waals surface area contributed by atoms with E-state index in [0.29, 0.717) is 6.10 Å². The van der Waals surface area contributed by atoms with Gasteiger partial charge in [-0.2, -0.15) is 0 Å². The first kappa shape index (κ1) is 10.0. The second-order valence-corrected chi connectivity index (χ2v) is 4.22. The number of hydrogen-bond acceptors (Lipinski definition) is 1. The molecule has 1 aliphatic carbocycles. The molecule has 12 heavy (non-hydrogen) atoms. The fourth-order valence-electron chi connectivity index (χ4n) is 2.50.